The molecule has 0 radical (unpaired) electrons. The molecule has 1 rings (SSSR count). The smallest absolute Gasteiger partial charge is 0.326 e. The predicted molar refractivity (Wildman–Crippen MR) is 342 cm³/mol. The highest BCUT2D eigenvalue weighted by Crippen LogP contribution is 2.08. The SMILES string of the molecule is CC(C)[C@H](NC(=O)CCOCCOCCOCCOCCOCCOCCOCCOCCOCCOCCOCCOCCOCCOCCOCCOCCOCCOCCOCCOCCNC(=O)CCN1C(=O)C=CC1=O)C(=O)N[C@@H](CCCCNC(N)=O)C(=O)O. The first kappa shape index (κ1) is 89.2. The largest absolute Gasteiger partial charge is 0.480 e. The molecule has 0 aromatic carbocycles. The summed E-state index contributed by atoms with van der Waals surface area (Å²) in [7, 11) is 0. The summed E-state index contributed by atoms with van der Waals surface area (Å²) in [5, 5.41) is 19.8. The second kappa shape index (κ2) is 68.7. The molecule has 1 aliphatic heterocycles. The lowest BCUT2D eigenvalue weighted by molar-refractivity contribution is -0.142. The molecule has 0 bridgehead atoms. The van der Waals surface area contributed by atoms with Crippen molar-refractivity contribution in [3.8, 4) is 0 Å². The van der Waals surface area contributed by atoms with E-state index in [1.54, 1.807) is 13.8 Å². The summed E-state index contributed by atoms with van der Waals surface area (Å²) in [5.74, 6) is -3.56. The number of urea groups is 1. The Morgan fingerprint density at radius 1 is 0.375 bits per heavy atom. The summed E-state index contributed by atoms with van der Waals surface area (Å²) >= 11 is 0. The van der Waals surface area contributed by atoms with Gasteiger partial charge in [-0.05, 0) is 25.2 Å². The van der Waals surface area contributed by atoms with Crippen molar-refractivity contribution in [3.05, 3.63) is 12.2 Å². The molecule has 34 nitrogen and oxygen atoms in total. The average molecular weight is 1390 g/mol. The number of unbranched alkanes of at least 4 members (excludes halogenated alkanes) is 1. The summed E-state index contributed by atoms with van der Waals surface area (Å²) in [5.41, 5.74) is 5.02. The summed E-state index contributed by atoms with van der Waals surface area (Å²) in [6.07, 6.45) is 3.50. The van der Waals surface area contributed by atoms with Crippen LogP contribution in [0.25, 0.3) is 0 Å². The lowest BCUT2D eigenvalue weighted by Crippen LogP contribution is -2.53. The normalized spacial score (nSPS) is 12.9. The molecular weight excluding hydrogens is 1280 g/mol. The average Bonchev–Trinajstić information content (AvgIpc) is 1.71. The van der Waals surface area contributed by atoms with E-state index >= 15 is 0 Å². The van der Waals surface area contributed by atoms with Crippen molar-refractivity contribution in [3.63, 3.8) is 0 Å². The molecule has 0 unspecified atom stereocenters. The number of nitrogens with two attached hydrogens (primary N) is 1. The van der Waals surface area contributed by atoms with Crippen molar-refractivity contribution in [1.82, 2.24) is 26.2 Å². The van der Waals surface area contributed by atoms with E-state index in [4.69, 9.17) is 100 Å². The van der Waals surface area contributed by atoms with E-state index in [1.165, 1.54) is 12.2 Å². The third-order valence-electron chi connectivity index (χ3n) is 12.7. The van der Waals surface area contributed by atoms with Gasteiger partial charge in [0.2, 0.25) is 17.7 Å². The van der Waals surface area contributed by atoms with Gasteiger partial charge in [0.05, 0.1) is 264 Å². The number of primary amides is 1. The van der Waals surface area contributed by atoms with Crippen LogP contribution in [0.15, 0.2) is 12.2 Å². The van der Waals surface area contributed by atoms with Crippen LogP contribution >= 0.6 is 0 Å². The van der Waals surface area contributed by atoms with Gasteiger partial charge in [0.15, 0.2) is 0 Å². The molecule has 0 aromatic rings. The lowest BCUT2D eigenvalue weighted by Gasteiger charge is -2.24. The van der Waals surface area contributed by atoms with Crippen LogP contribution in [0.5, 0.6) is 0 Å². The van der Waals surface area contributed by atoms with Crippen LogP contribution < -0.4 is 27.0 Å². The van der Waals surface area contributed by atoms with Gasteiger partial charge in [0.25, 0.3) is 11.8 Å². The number of carbonyl (C=O) groups is 7. The Hall–Kier alpha value is -4.77. The van der Waals surface area contributed by atoms with E-state index in [1.807, 2.05) is 0 Å². The fourth-order valence-corrected chi connectivity index (χ4v) is 7.65. The molecule has 34 heteroatoms. The number of carboxylic acids is 1. The molecule has 1 heterocycles. The van der Waals surface area contributed by atoms with Crippen LogP contribution in [-0.4, -0.2) is 348 Å². The van der Waals surface area contributed by atoms with Crippen LogP contribution in [0.1, 0.15) is 46.0 Å². The number of aliphatic carboxylic acids is 1. The molecule has 0 aromatic heterocycles. The van der Waals surface area contributed by atoms with E-state index in [-0.39, 0.29) is 50.8 Å². The Bertz CT molecular complexity index is 1900. The number of hydrogen-bond donors (Lipinski definition) is 6. The topological polar surface area (TPSA) is 402 Å². The Morgan fingerprint density at radius 3 is 0.927 bits per heavy atom. The number of rotatable bonds is 76. The Balaban J connectivity index is 1.68. The predicted octanol–water partition coefficient (Wildman–Crippen LogP) is -1.31. The Morgan fingerprint density at radius 2 is 0.656 bits per heavy atom. The van der Waals surface area contributed by atoms with Gasteiger partial charge in [-0.3, -0.25) is 28.9 Å². The molecule has 0 saturated heterocycles. The van der Waals surface area contributed by atoms with Crippen molar-refractivity contribution in [2.75, 3.05) is 284 Å². The van der Waals surface area contributed by atoms with Crippen molar-refractivity contribution in [2.24, 2.45) is 11.7 Å². The minimum Gasteiger partial charge on any atom is -0.480 e. The third-order valence-corrected chi connectivity index (χ3v) is 12.7. The van der Waals surface area contributed by atoms with Crippen molar-refractivity contribution in [1.29, 1.82) is 0 Å². The highest BCUT2D eigenvalue weighted by atomic mass is 16.6. The molecule has 7 amide bonds. The summed E-state index contributed by atoms with van der Waals surface area (Å²) in [6.45, 7) is 21.0. The molecule has 96 heavy (non-hydrogen) atoms. The maximum Gasteiger partial charge on any atom is 0.326 e. The molecule has 1 aliphatic rings. The Labute approximate surface area is 565 Å². The number of carbonyl (C=O) groups excluding carboxylic acids is 6. The molecule has 7 N–H and O–H groups in total. The number of ether oxygens (including phenoxy) is 20. The zero-order chi connectivity index (χ0) is 69.7. The monoisotopic (exact) mass is 1390 g/mol. The van der Waals surface area contributed by atoms with Gasteiger partial charge in [-0.25, -0.2) is 9.59 Å². The molecule has 0 aliphatic carbocycles. The molecule has 2 atom stereocenters. The zero-order valence-electron chi connectivity index (χ0n) is 56.8. The molecule has 0 spiro atoms. The maximum absolute atomic E-state index is 12.8. The van der Waals surface area contributed by atoms with E-state index in [0.717, 1.165) is 4.90 Å². The first-order chi connectivity index (χ1) is 46.9. The Kier molecular flexibility index (Phi) is 63.9. The van der Waals surface area contributed by atoms with Gasteiger partial charge in [0, 0.05) is 44.6 Å². The second-order valence-electron chi connectivity index (χ2n) is 20.7. The first-order valence-electron chi connectivity index (χ1n) is 33.1. The van der Waals surface area contributed by atoms with E-state index < -0.39 is 47.7 Å². The van der Waals surface area contributed by atoms with Gasteiger partial charge in [-0.1, -0.05) is 13.8 Å². The lowest BCUT2D eigenvalue weighted by atomic mass is 10.0. The molecule has 0 fully saturated rings. The van der Waals surface area contributed by atoms with Crippen molar-refractivity contribution >= 4 is 41.5 Å². The van der Waals surface area contributed by atoms with E-state index in [0.29, 0.717) is 277 Å². The number of carboxylic acid groups (broad SMARTS) is 1. The fourth-order valence-electron chi connectivity index (χ4n) is 7.65. The van der Waals surface area contributed by atoms with Gasteiger partial charge in [-0.15, -0.1) is 0 Å². The van der Waals surface area contributed by atoms with Gasteiger partial charge in [-0.2, -0.15) is 0 Å². The summed E-state index contributed by atoms with van der Waals surface area (Å²) in [6, 6.07) is -2.73. The highest BCUT2D eigenvalue weighted by molar-refractivity contribution is 6.13. The second-order valence-corrected chi connectivity index (χ2v) is 20.7. The van der Waals surface area contributed by atoms with Crippen LogP contribution in [0, 0.1) is 5.92 Å². The maximum atomic E-state index is 12.8. The summed E-state index contributed by atoms with van der Waals surface area (Å²) < 4.78 is 110. The minimum atomic E-state index is -1.19. The van der Waals surface area contributed by atoms with Gasteiger partial charge in [0.1, 0.15) is 12.1 Å². The van der Waals surface area contributed by atoms with Gasteiger partial charge < -0.3 is 127 Å². The standard InChI is InChI=1S/C62H114N6O28/c1-53(2)59(60(73)66-54(61(74)75)5-3-4-10-65-62(63)76)67-56(70)9-13-77-15-17-79-19-21-81-23-25-83-27-29-85-31-33-87-35-37-89-39-41-91-43-45-93-47-49-95-51-52-96-50-48-94-46-44-92-42-40-90-38-36-88-34-32-86-30-28-84-26-24-82-22-20-80-18-16-78-14-11-64-55(69)8-12-68-57(71)6-7-58(68)72/h6-7,53-54,59H,3-5,8-52H2,1-2H3,(H,64,69)(H,66,73)(H,67,70)(H,74,75)(H3,63,65,76)/t54-,59-/m0/s1. The minimum absolute atomic E-state index is 0.00779. The van der Waals surface area contributed by atoms with Gasteiger partial charge >= 0.3 is 12.0 Å². The molecule has 560 valence electrons. The van der Waals surface area contributed by atoms with Crippen LogP contribution in [0.4, 0.5) is 4.79 Å². The highest BCUT2D eigenvalue weighted by Gasteiger charge is 2.29. The number of imide groups is 1. The third kappa shape index (κ3) is 60.4. The van der Waals surface area contributed by atoms with E-state index in [2.05, 4.69) is 21.3 Å². The number of amides is 7. The van der Waals surface area contributed by atoms with Crippen LogP contribution in [-0.2, 0) is 124 Å². The number of hydrogen-bond acceptors (Lipinski definition) is 27. The van der Waals surface area contributed by atoms with Crippen molar-refractivity contribution < 1.29 is 133 Å². The fraction of sp³-hybridized carbons (Fsp3) is 0.855. The first-order valence-corrected chi connectivity index (χ1v) is 33.1. The zero-order valence-corrected chi connectivity index (χ0v) is 56.8. The number of nitrogens with one attached hydrogen (secondary N) is 4. The molecular formula is C62H114N6O28. The van der Waals surface area contributed by atoms with Crippen LogP contribution in [0.3, 0.4) is 0 Å². The van der Waals surface area contributed by atoms with Crippen molar-refractivity contribution in [2.45, 2.75) is 58.0 Å². The number of nitrogens with zero attached hydrogens (tertiary/aromatic N) is 1. The molecule has 0 saturated carbocycles. The quantitative estimate of drug-likeness (QED) is 0.0304. The van der Waals surface area contributed by atoms with Crippen LogP contribution in [0.2, 0.25) is 0 Å². The van der Waals surface area contributed by atoms with E-state index in [9.17, 15) is 38.7 Å². The summed E-state index contributed by atoms with van der Waals surface area (Å²) in [4.78, 5) is 83.7.